The average molecular weight is 350 g/mol. The second-order valence-electron chi connectivity index (χ2n) is 6.80. The molecule has 6 heteroatoms. The van der Waals surface area contributed by atoms with Crippen molar-refractivity contribution < 1.29 is 4.74 Å². The molecule has 25 heavy (non-hydrogen) atoms. The van der Waals surface area contributed by atoms with Gasteiger partial charge in [-0.25, -0.2) is 0 Å². The fourth-order valence-corrected chi connectivity index (χ4v) is 3.23. The summed E-state index contributed by atoms with van der Waals surface area (Å²) in [7, 11) is 0. The Morgan fingerprint density at radius 1 is 1.28 bits per heavy atom. The molecule has 0 amide bonds. The first-order chi connectivity index (χ1) is 12.3. The molecule has 142 valence electrons. The van der Waals surface area contributed by atoms with Crippen molar-refractivity contribution in [3.8, 4) is 0 Å². The van der Waals surface area contributed by atoms with Crippen molar-refractivity contribution in [3.63, 3.8) is 0 Å². The van der Waals surface area contributed by atoms with Crippen LogP contribution >= 0.6 is 0 Å². The molecule has 0 aliphatic heterocycles. The predicted octanol–water partition coefficient (Wildman–Crippen LogP) is 2.95. The summed E-state index contributed by atoms with van der Waals surface area (Å²) in [5.41, 5.74) is 2.44. The number of nitrogens with zero attached hydrogens (tertiary/aromatic N) is 2. The van der Waals surface area contributed by atoms with Gasteiger partial charge in [0.1, 0.15) is 0 Å². The summed E-state index contributed by atoms with van der Waals surface area (Å²) in [4.78, 5) is 4.65. The first-order valence-electron chi connectivity index (χ1n) is 9.92. The van der Waals surface area contributed by atoms with Crippen molar-refractivity contribution in [1.29, 1.82) is 0 Å². The highest BCUT2D eigenvalue weighted by Gasteiger charge is 2.12. The Bertz CT molecular complexity index is 492. The number of aliphatic imine (C=N–C) groups is 1. The minimum Gasteiger partial charge on any atom is -0.376 e. The normalized spacial score (nSPS) is 16.6. The van der Waals surface area contributed by atoms with E-state index in [1.807, 2.05) is 6.20 Å². The highest BCUT2D eigenvalue weighted by molar-refractivity contribution is 5.79. The maximum Gasteiger partial charge on any atom is 0.191 e. The Morgan fingerprint density at radius 3 is 2.76 bits per heavy atom. The molecule has 1 saturated carbocycles. The lowest BCUT2D eigenvalue weighted by Gasteiger charge is -2.16. The largest absolute Gasteiger partial charge is 0.376 e. The molecule has 0 bridgehead atoms. The van der Waals surface area contributed by atoms with E-state index in [2.05, 4.69) is 39.7 Å². The Morgan fingerprint density at radius 2 is 2.08 bits per heavy atom. The molecule has 0 spiro atoms. The van der Waals surface area contributed by atoms with Gasteiger partial charge in [-0.2, -0.15) is 5.10 Å². The van der Waals surface area contributed by atoms with Crippen LogP contribution < -0.4 is 10.6 Å². The molecule has 6 nitrogen and oxygen atoms in total. The predicted molar refractivity (Wildman–Crippen MR) is 103 cm³/mol. The van der Waals surface area contributed by atoms with Gasteiger partial charge >= 0.3 is 0 Å². The smallest absolute Gasteiger partial charge is 0.191 e. The summed E-state index contributed by atoms with van der Waals surface area (Å²) in [6.07, 6.45) is 12.2. The maximum absolute atomic E-state index is 6.02. The number of ether oxygens (including phenoxy) is 1. The van der Waals surface area contributed by atoms with Gasteiger partial charge in [-0.05, 0) is 45.1 Å². The second kappa shape index (κ2) is 11.9. The number of H-pyrrole nitrogens is 1. The Hall–Kier alpha value is -1.56. The van der Waals surface area contributed by atoms with E-state index in [-0.39, 0.29) is 0 Å². The number of rotatable bonds is 9. The van der Waals surface area contributed by atoms with Gasteiger partial charge in [-0.1, -0.05) is 25.7 Å². The Labute approximate surface area is 152 Å². The maximum atomic E-state index is 6.02. The van der Waals surface area contributed by atoms with Crippen LogP contribution in [0.3, 0.4) is 0 Å². The monoisotopic (exact) mass is 349 g/mol. The molecule has 1 aliphatic rings. The van der Waals surface area contributed by atoms with Crippen LogP contribution in [0.2, 0.25) is 0 Å². The van der Waals surface area contributed by atoms with E-state index < -0.39 is 0 Å². The highest BCUT2D eigenvalue weighted by atomic mass is 16.5. The first kappa shape index (κ1) is 19.8. The van der Waals surface area contributed by atoms with Crippen LogP contribution in [-0.2, 0) is 11.2 Å². The van der Waals surface area contributed by atoms with Gasteiger partial charge in [-0.3, -0.25) is 10.1 Å². The molecule has 2 rings (SSSR count). The fraction of sp³-hybridized carbons (Fsp3) is 0.789. The molecule has 1 aliphatic carbocycles. The lowest BCUT2D eigenvalue weighted by atomic mass is 10.1. The number of nitrogens with one attached hydrogen (secondary N) is 3. The van der Waals surface area contributed by atoms with Crippen LogP contribution in [0.4, 0.5) is 0 Å². The number of aryl methyl sites for hydroxylation is 2. The minimum atomic E-state index is 0.460. The summed E-state index contributed by atoms with van der Waals surface area (Å²) in [6.45, 7) is 7.39. The lowest BCUT2D eigenvalue weighted by molar-refractivity contribution is 0.0468. The van der Waals surface area contributed by atoms with Crippen molar-refractivity contribution >= 4 is 5.96 Å². The minimum absolute atomic E-state index is 0.460. The molecule has 0 saturated heterocycles. The summed E-state index contributed by atoms with van der Waals surface area (Å²) in [5.74, 6) is 0.885. The third-order valence-corrected chi connectivity index (χ3v) is 4.70. The van der Waals surface area contributed by atoms with E-state index in [0.717, 1.165) is 50.7 Å². The van der Waals surface area contributed by atoms with Crippen LogP contribution in [0.15, 0.2) is 11.2 Å². The van der Waals surface area contributed by atoms with E-state index in [1.165, 1.54) is 44.1 Å². The zero-order chi connectivity index (χ0) is 17.7. The van der Waals surface area contributed by atoms with E-state index in [1.54, 1.807) is 0 Å². The van der Waals surface area contributed by atoms with E-state index in [4.69, 9.17) is 4.74 Å². The van der Waals surface area contributed by atoms with Gasteiger partial charge in [0.05, 0.1) is 18.9 Å². The molecule has 3 N–H and O–H groups in total. The van der Waals surface area contributed by atoms with Crippen molar-refractivity contribution in [3.05, 3.63) is 17.5 Å². The van der Waals surface area contributed by atoms with Gasteiger partial charge in [-0.15, -0.1) is 0 Å². The van der Waals surface area contributed by atoms with Gasteiger partial charge in [0, 0.05) is 25.3 Å². The molecule has 0 unspecified atom stereocenters. The molecular weight excluding hydrogens is 314 g/mol. The van der Waals surface area contributed by atoms with Crippen molar-refractivity contribution in [2.75, 3.05) is 26.2 Å². The van der Waals surface area contributed by atoms with E-state index in [9.17, 15) is 0 Å². The molecule has 1 heterocycles. The second-order valence-corrected chi connectivity index (χ2v) is 6.80. The average Bonchev–Trinajstić information content (AvgIpc) is 2.85. The number of aromatic amines is 1. The Kier molecular flexibility index (Phi) is 9.41. The summed E-state index contributed by atoms with van der Waals surface area (Å²) >= 11 is 0. The van der Waals surface area contributed by atoms with Gasteiger partial charge in [0.2, 0.25) is 0 Å². The molecule has 0 aromatic carbocycles. The van der Waals surface area contributed by atoms with Crippen LogP contribution in [0.5, 0.6) is 0 Å². The lowest BCUT2D eigenvalue weighted by Crippen LogP contribution is -2.39. The van der Waals surface area contributed by atoms with Crippen molar-refractivity contribution in [2.45, 2.75) is 71.3 Å². The first-order valence-corrected chi connectivity index (χ1v) is 9.92. The fourth-order valence-electron chi connectivity index (χ4n) is 3.23. The van der Waals surface area contributed by atoms with Gasteiger partial charge in [0.15, 0.2) is 5.96 Å². The number of hydrogen-bond donors (Lipinski definition) is 3. The van der Waals surface area contributed by atoms with Crippen LogP contribution in [0.25, 0.3) is 0 Å². The summed E-state index contributed by atoms with van der Waals surface area (Å²) in [6, 6.07) is 0. The van der Waals surface area contributed by atoms with E-state index in [0.29, 0.717) is 6.10 Å². The third kappa shape index (κ3) is 7.90. The zero-order valence-corrected chi connectivity index (χ0v) is 15.9. The van der Waals surface area contributed by atoms with Crippen LogP contribution in [0.1, 0.15) is 63.1 Å². The third-order valence-electron chi connectivity index (χ3n) is 4.70. The van der Waals surface area contributed by atoms with Crippen LogP contribution in [-0.4, -0.2) is 48.5 Å². The topological polar surface area (TPSA) is 74.3 Å². The molecule has 0 radical (unpaired) electrons. The number of hydrogen-bond acceptors (Lipinski definition) is 3. The van der Waals surface area contributed by atoms with Gasteiger partial charge < -0.3 is 15.4 Å². The molecule has 1 fully saturated rings. The Balaban J connectivity index is 1.62. The standard InChI is InChI=1S/C19H35N5O/c1-3-20-19(21-12-8-9-17-15-23-24-16(17)2)22-13-14-25-18-10-6-4-5-7-11-18/h15,18H,3-14H2,1-2H3,(H,23,24)(H2,20,21,22). The molecule has 0 atom stereocenters. The SMILES string of the molecule is CCNC(=NCCCc1cn[nH]c1C)NCCOC1CCCCCC1. The quantitative estimate of drug-likeness (QED) is 0.277. The number of guanidine groups is 1. The molecule has 1 aromatic rings. The highest BCUT2D eigenvalue weighted by Crippen LogP contribution is 2.19. The van der Waals surface area contributed by atoms with Gasteiger partial charge in [0.25, 0.3) is 0 Å². The van der Waals surface area contributed by atoms with Crippen LogP contribution in [0, 0.1) is 6.92 Å². The summed E-state index contributed by atoms with van der Waals surface area (Å²) in [5, 5.41) is 13.7. The molecular formula is C19H35N5O. The number of aromatic nitrogens is 2. The summed E-state index contributed by atoms with van der Waals surface area (Å²) < 4.78 is 6.02. The molecule has 1 aromatic heterocycles. The van der Waals surface area contributed by atoms with Crippen molar-refractivity contribution in [2.24, 2.45) is 4.99 Å². The van der Waals surface area contributed by atoms with E-state index >= 15 is 0 Å². The zero-order valence-electron chi connectivity index (χ0n) is 15.9. The van der Waals surface area contributed by atoms with Crippen molar-refractivity contribution in [1.82, 2.24) is 20.8 Å².